The average molecular weight is 306 g/mol. The van der Waals surface area contributed by atoms with E-state index in [0.717, 1.165) is 12.4 Å². The van der Waals surface area contributed by atoms with E-state index >= 15 is 0 Å². The van der Waals surface area contributed by atoms with Crippen LogP contribution in [0, 0.1) is 17.5 Å². The van der Waals surface area contributed by atoms with Crippen molar-refractivity contribution in [3.05, 3.63) is 64.7 Å². The fraction of sp³-hybridized carbons (Fsp3) is 0.154. The predicted octanol–water partition coefficient (Wildman–Crippen LogP) is 3.57. The number of hydrogen-bond acceptors (Lipinski definition) is 2. The third-order valence-corrected chi connectivity index (χ3v) is 2.85. The topological polar surface area (TPSA) is 38.9 Å². The third-order valence-electron chi connectivity index (χ3n) is 2.85. The number of nitrogens with two attached hydrogens (primary N) is 1. The Morgan fingerprint density at radius 3 is 2.14 bits per heavy atom. The molecule has 1 aromatic carbocycles. The van der Waals surface area contributed by atoms with Crippen molar-refractivity contribution in [3.8, 4) is 0 Å². The summed E-state index contributed by atoms with van der Waals surface area (Å²) >= 11 is 0. The number of alkyl halides is 3. The maximum absolute atomic E-state index is 13.6. The quantitative estimate of drug-likeness (QED) is 0.862. The summed E-state index contributed by atoms with van der Waals surface area (Å²) in [4.78, 5) is 3.48. The monoisotopic (exact) mass is 306 g/mol. The molecule has 2 aromatic rings. The minimum Gasteiger partial charge on any atom is -0.320 e. The molecule has 0 bridgehead atoms. The first-order chi connectivity index (χ1) is 9.71. The molecule has 0 aliphatic rings. The van der Waals surface area contributed by atoms with Gasteiger partial charge in [0.2, 0.25) is 0 Å². The number of aromatic nitrogens is 1. The molecule has 0 radical (unpaired) electrons. The highest BCUT2D eigenvalue weighted by Gasteiger charge is 2.36. The average Bonchev–Trinajstić information content (AvgIpc) is 2.36. The Morgan fingerprint density at radius 1 is 1.05 bits per heavy atom. The van der Waals surface area contributed by atoms with Crippen molar-refractivity contribution in [2.45, 2.75) is 12.2 Å². The van der Waals surface area contributed by atoms with Crippen LogP contribution in [0.5, 0.6) is 0 Å². The van der Waals surface area contributed by atoms with Crippen LogP contribution >= 0.6 is 0 Å². The molecule has 2 nitrogen and oxygen atoms in total. The zero-order chi connectivity index (χ0) is 15.8. The van der Waals surface area contributed by atoms with Crippen LogP contribution in [0.2, 0.25) is 0 Å². The van der Waals surface area contributed by atoms with Gasteiger partial charge in [0.05, 0.1) is 11.6 Å². The third kappa shape index (κ3) is 2.99. The standard InChI is InChI=1S/C13H8F6N2/c14-6-3-9(15)11(10(16)4-6)12(20)7-5-21-2-1-8(7)13(17,18)19/h1-5,12H,20H2. The second-order valence-corrected chi connectivity index (χ2v) is 4.22. The zero-order valence-electron chi connectivity index (χ0n) is 10.3. The molecule has 0 aliphatic heterocycles. The van der Waals surface area contributed by atoms with Gasteiger partial charge >= 0.3 is 6.18 Å². The van der Waals surface area contributed by atoms with Crippen LogP contribution in [0.25, 0.3) is 0 Å². The molecule has 8 heteroatoms. The van der Waals surface area contributed by atoms with Crippen LogP contribution < -0.4 is 5.73 Å². The molecule has 1 heterocycles. The number of halogens is 6. The smallest absolute Gasteiger partial charge is 0.320 e. The van der Waals surface area contributed by atoms with Gasteiger partial charge in [-0.1, -0.05) is 0 Å². The first-order valence-corrected chi connectivity index (χ1v) is 5.63. The van der Waals surface area contributed by atoms with Crippen molar-refractivity contribution in [2.75, 3.05) is 0 Å². The molecule has 0 spiro atoms. The first-order valence-electron chi connectivity index (χ1n) is 5.63. The minimum atomic E-state index is -4.76. The van der Waals surface area contributed by atoms with E-state index in [0.29, 0.717) is 18.2 Å². The molecule has 0 saturated carbocycles. The summed E-state index contributed by atoms with van der Waals surface area (Å²) in [6.07, 6.45) is -3.10. The lowest BCUT2D eigenvalue weighted by Gasteiger charge is -2.19. The summed E-state index contributed by atoms with van der Waals surface area (Å²) in [6.45, 7) is 0. The van der Waals surface area contributed by atoms with Gasteiger partial charge in [0.1, 0.15) is 17.5 Å². The Labute approximate surface area is 115 Å². The number of hydrogen-bond donors (Lipinski definition) is 1. The molecule has 2 N–H and O–H groups in total. The molecule has 1 aromatic heterocycles. The highest BCUT2D eigenvalue weighted by molar-refractivity contribution is 5.38. The maximum atomic E-state index is 13.6. The van der Waals surface area contributed by atoms with Gasteiger partial charge in [-0.3, -0.25) is 4.98 Å². The summed E-state index contributed by atoms with van der Waals surface area (Å²) in [6, 6.07) is -0.422. The van der Waals surface area contributed by atoms with Crippen molar-refractivity contribution in [1.29, 1.82) is 0 Å². The summed E-state index contributed by atoms with van der Waals surface area (Å²) in [7, 11) is 0. The molecule has 1 unspecified atom stereocenters. The summed E-state index contributed by atoms with van der Waals surface area (Å²) < 4.78 is 78.6. The van der Waals surface area contributed by atoms with E-state index in [9.17, 15) is 26.3 Å². The SMILES string of the molecule is NC(c1cnccc1C(F)(F)F)c1c(F)cc(F)cc1F. The Kier molecular flexibility index (Phi) is 3.91. The van der Waals surface area contributed by atoms with E-state index in [1.807, 2.05) is 0 Å². The van der Waals surface area contributed by atoms with Crippen molar-refractivity contribution in [2.24, 2.45) is 5.73 Å². The minimum absolute atomic E-state index is 0.349. The molecule has 0 fully saturated rings. The van der Waals surface area contributed by atoms with Gasteiger partial charge in [-0.25, -0.2) is 13.2 Å². The van der Waals surface area contributed by atoms with E-state index in [1.54, 1.807) is 0 Å². The van der Waals surface area contributed by atoms with Crippen molar-refractivity contribution in [1.82, 2.24) is 4.98 Å². The molecular weight excluding hydrogens is 298 g/mol. The molecule has 0 amide bonds. The Morgan fingerprint density at radius 2 is 1.62 bits per heavy atom. The van der Waals surface area contributed by atoms with Crippen LogP contribution in [0.15, 0.2) is 30.6 Å². The van der Waals surface area contributed by atoms with E-state index in [-0.39, 0.29) is 0 Å². The normalized spacial score (nSPS) is 13.3. The van der Waals surface area contributed by atoms with Crippen LogP contribution in [0.3, 0.4) is 0 Å². The van der Waals surface area contributed by atoms with Crippen LogP contribution in [-0.2, 0) is 6.18 Å². The first kappa shape index (κ1) is 15.3. The second-order valence-electron chi connectivity index (χ2n) is 4.22. The molecule has 21 heavy (non-hydrogen) atoms. The maximum Gasteiger partial charge on any atom is 0.416 e. The Bertz CT molecular complexity index is 645. The predicted molar refractivity (Wildman–Crippen MR) is 61.6 cm³/mol. The van der Waals surface area contributed by atoms with Gasteiger partial charge in [0.25, 0.3) is 0 Å². The van der Waals surface area contributed by atoms with Gasteiger partial charge in [-0.15, -0.1) is 0 Å². The van der Waals surface area contributed by atoms with Crippen molar-refractivity contribution >= 4 is 0 Å². The highest BCUT2D eigenvalue weighted by Crippen LogP contribution is 2.36. The van der Waals surface area contributed by atoms with E-state index in [2.05, 4.69) is 4.98 Å². The van der Waals surface area contributed by atoms with Gasteiger partial charge in [-0.05, 0) is 6.07 Å². The highest BCUT2D eigenvalue weighted by atomic mass is 19.4. The van der Waals surface area contributed by atoms with E-state index < -0.39 is 46.4 Å². The van der Waals surface area contributed by atoms with Gasteiger partial charge < -0.3 is 5.73 Å². The van der Waals surface area contributed by atoms with Gasteiger partial charge in [0.15, 0.2) is 0 Å². The number of benzene rings is 1. The fourth-order valence-electron chi connectivity index (χ4n) is 1.92. The second kappa shape index (κ2) is 5.36. The molecule has 0 saturated heterocycles. The van der Waals surface area contributed by atoms with Crippen molar-refractivity contribution < 1.29 is 26.3 Å². The lowest BCUT2D eigenvalue weighted by molar-refractivity contribution is -0.138. The van der Waals surface area contributed by atoms with Gasteiger partial charge in [-0.2, -0.15) is 13.2 Å². The molecule has 2 rings (SSSR count). The Balaban J connectivity index is 2.59. The molecular formula is C13H8F6N2. The molecule has 0 aliphatic carbocycles. The number of rotatable bonds is 2. The van der Waals surface area contributed by atoms with Gasteiger partial charge in [0, 0.05) is 35.7 Å². The summed E-state index contributed by atoms with van der Waals surface area (Å²) in [5, 5.41) is 0. The fourth-order valence-corrected chi connectivity index (χ4v) is 1.92. The molecule has 1 atom stereocenters. The summed E-state index contributed by atoms with van der Waals surface area (Å²) in [5.74, 6) is -3.92. The van der Waals surface area contributed by atoms with Crippen LogP contribution in [0.4, 0.5) is 26.3 Å². The zero-order valence-corrected chi connectivity index (χ0v) is 10.3. The van der Waals surface area contributed by atoms with Crippen LogP contribution in [-0.4, -0.2) is 4.98 Å². The largest absolute Gasteiger partial charge is 0.416 e. The lowest BCUT2D eigenvalue weighted by atomic mass is 9.95. The molecule has 112 valence electrons. The van der Waals surface area contributed by atoms with Crippen molar-refractivity contribution in [3.63, 3.8) is 0 Å². The number of pyridine rings is 1. The lowest BCUT2D eigenvalue weighted by Crippen LogP contribution is -2.21. The Hall–Kier alpha value is -2.09. The van der Waals surface area contributed by atoms with Crippen LogP contribution in [0.1, 0.15) is 22.7 Å². The van der Waals surface area contributed by atoms with E-state index in [1.165, 1.54) is 0 Å². The number of nitrogens with zero attached hydrogens (tertiary/aromatic N) is 1. The summed E-state index contributed by atoms with van der Waals surface area (Å²) in [5.41, 5.74) is 2.91. The van der Waals surface area contributed by atoms with E-state index in [4.69, 9.17) is 5.73 Å².